The zero-order valence-electron chi connectivity index (χ0n) is 6.38. The maximum absolute atomic E-state index is 11.6. The first-order valence-corrected chi connectivity index (χ1v) is 3.24. The minimum atomic E-state index is -4.36. The fourth-order valence-electron chi connectivity index (χ4n) is 0.566. The Morgan fingerprint density at radius 1 is 1.31 bits per heavy atom. The number of aromatic nitrogens is 2. The predicted octanol–water partition coefficient (Wildman–Crippen LogP) is 1.000. The molecular weight excluding hydrogens is 187 g/mol. The van der Waals surface area contributed by atoms with E-state index in [1.807, 2.05) is 0 Å². The van der Waals surface area contributed by atoms with Crippen molar-refractivity contribution in [1.82, 2.24) is 9.97 Å². The average Bonchev–Trinajstić information content (AvgIpc) is 2.02. The monoisotopic (exact) mass is 193 g/mol. The summed E-state index contributed by atoms with van der Waals surface area (Å²) in [4.78, 5) is 6.91. The van der Waals surface area contributed by atoms with Crippen molar-refractivity contribution in [3.63, 3.8) is 0 Å². The van der Waals surface area contributed by atoms with Crippen molar-refractivity contribution in [3.05, 3.63) is 12.4 Å². The van der Waals surface area contributed by atoms with E-state index in [1.165, 1.54) is 0 Å². The van der Waals surface area contributed by atoms with Gasteiger partial charge in [-0.3, -0.25) is 0 Å². The molecule has 0 bridgehead atoms. The van der Waals surface area contributed by atoms with Crippen LogP contribution in [0.4, 0.5) is 19.1 Å². The molecule has 0 aliphatic heterocycles. The summed E-state index contributed by atoms with van der Waals surface area (Å²) < 4.78 is 39.2. The van der Waals surface area contributed by atoms with Gasteiger partial charge in [0.2, 0.25) is 5.95 Å². The Bertz CT molecular complexity index is 271. The molecule has 0 fully saturated rings. The standard InChI is InChI=1S/C6H6F3N3O/c7-6(8,9)3-13-4-1-11-5(10)12-2-4/h1-2H,3H2,(H2,10,11,12). The summed E-state index contributed by atoms with van der Waals surface area (Å²) in [5.74, 6) is -0.0779. The smallest absolute Gasteiger partial charge is 0.422 e. The van der Waals surface area contributed by atoms with Crippen molar-refractivity contribution in [1.29, 1.82) is 0 Å². The summed E-state index contributed by atoms with van der Waals surface area (Å²) >= 11 is 0. The first kappa shape index (κ1) is 9.56. The molecule has 1 aromatic rings. The van der Waals surface area contributed by atoms with Crippen molar-refractivity contribution < 1.29 is 17.9 Å². The van der Waals surface area contributed by atoms with Crippen LogP contribution >= 0.6 is 0 Å². The molecule has 1 rings (SSSR count). The molecule has 0 atom stereocenters. The van der Waals surface area contributed by atoms with Crippen molar-refractivity contribution in [2.75, 3.05) is 12.3 Å². The van der Waals surface area contributed by atoms with Gasteiger partial charge in [-0.15, -0.1) is 0 Å². The number of hydrogen-bond donors (Lipinski definition) is 1. The first-order valence-electron chi connectivity index (χ1n) is 3.24. The number of ether oxygens (including phenoxy) is 1. The summed E-state index contributed by atoms with van der Waals surface area (Å²) in [6.07, 6.45) is -2.20. The SMILES string of the molecule is Nc1ncc(OCC(F)(F)F)cn1. The molecule has 2 N–H and O–H groups in total. The molecule has 1 heterocycles. The van der Waals surface area contributed by atoms with Gasteiger partial charge < -0.3 is 10.5 Å². The lowest BCUT2D eigenvalue weighted by Crippen LogP contribution is -2.19. The van der Waals surface area contributed by atoms with E-state index >= 15 is 0 Å². The van der Waals surface area contributed by atoms with Crippen molar-refractivity contribution in [2.24, 2.45) is 0 Å². The molecule has 1 aromatic heterocycles. The maximum atomic E-state index is 11.6. The number of nitrogens with two attached hydrogens (primary N) is 1. The number of nitrogen functional groups attached to an aromatic ring is 1. The molecule has 0 aromatic carbocycles. The summed E-state index contributed by atoms with van der Waals surface area (Å²) in [6, 6.07) is 0. The highest BCUT2D eigenvalue weighted by molar-refractivity contribution is 5.20. The molecule has 0 amide bonds. The maximum Gasteiger partial charge on any atom is 0.422 e. The second-order valence-corrected chi connectivity index (χ2v) is 2.18. The highest BCUT2D eigenvalue weighted by Gasteiger charge is 2.28. The molecule has 0 saturated carbocycles. The summed E-state index contributed by atoms with van der Waals surface area (Å²) in [7, 11) is 0. The van der Waals surface area contributed by atoms with Gasteiger partial charge in [-0.2, -0.15) is 13.2 Å². The average molecular weight is 193 g/mol. The van der Waals surface area contributed by atoms with Crippen LogP contribution in [0.5, 0.6) is 5.75 Å². The molecular formula is C6H6F3N3O. The highest BCUT2D eigenvalue weighted by atomic mass is 19.4. The van der Waals surface area contributed by atoms with Crippen LogP contribution in [0.3, 0.4) is 0 Å². The van der Waals surface area contributed by atoms with E-state index in [0.29, 0.717) is 0 Å². The molecule has 72 valence electrons. The lowest BCUT2D eigenvalue weighted by molar-refractivity contribution is -0.153. The van der Waals surface area contributed by atoms with Crippen molar-refractivity contribution in [3.8, 4) is 5.75 Å². The van der Waals surface area contributed by atoms with E-state index in [2.05, 4.69) is 14.7 Å². The summed E-state index contributed by atoms with van der Waals surface area (Å²) in [6.45, 7) is -1.36. The quantitative estimate of drug-likeness (QED) is 0.761. The first-order chi connectivity index (χ1) is 5.97. The Morgan fingerprint density at radius 2 is 1.85 bits per heavy atom. The van der Waals surface area contributed by atoms with Crippen LogP contribution in [0.15, 0.2) is 12.4 Å². The third kappa shape index (κ3) is 3.59. The third-order valence-corrected chi connectivity index (χ3v) is 1.05. The minimum absolute atomic E-state index is 0.0145. The van der Waals surface area contributed by atoms with Crippen LogP contribution in [0.2, 0.25) is 0 Å². The van der Waals surface area contributed by atoms with Crippen molar-refractivity contribution in [2.45, 2.75) is 6.18 Å². The van der Waals surface area contributed by atoms with Crippen LogP contribution in [0.1, 0.15) is 0 Å². The lowest BCUT2D eigenvalue weighted by atomic mass is 10.6. The zero-order valence-corrected chi connectivity index (χ0v) is 6.38. The van der Waals surface area contributed by atoms with Crippen LogP contribution in [0, 0.1) is 0 Å². The Labute approximate surface area is 71.6 Å². The summed E-state index contributed by atoms with van der Waals surface area (Å²) in [5, 5.41) is 0. The van der Waals surface area contributed by atoms with Crippen LogP contribution < -0.4 is 10.5 Å². The topological polar surface area (TPSA) is 61.0 Å². The third-order valence-electron chi connectivity index (χ3n) is 1.05. The second-order valence-electron chi connectivity index (χ2n) is 2.18. The fraction of sp³-hybridized carbons (Fsp3) is 0.333. The van der Waals surface area contributed by atoms with Gasteiger partial charge in [-0.05, 0) is 0 Å². The Kier molecular flexibility index (Phi) is 2.54. The minimum Gasteiger partial charge on any atom is -0.481 e. The van der Waals surface area contributed by atoms with E-state index in [0.717, 1.165) is 12.4 Å². The molecule has 0 spiro atoms. The number of hydrogen-bond acceptors (Lipinski definition) is 4. The molecule has 13 heavy (non-hydrogen) atoms. The summed E-state index contributed by atoms with van der Waals surface area (Å²) in [5.41, 5.74) is 5.11. The molecule has 0 unspecified atom stereocenters. The zero-order chi connectivity index (χ0) is 9.90. The van der Waals surface area contributed by atoms with Gasteiger partial charge in [0.1, 0.15) is 0 Å². The van der Waals surface area contributed by atoms with Gasteiger partial charge in [0, 0.05) is 0 Å². The number of halogens is 3. The van der Waals surface area contributed by atoms with Crippen LogP contribution in [-0.4, -0.2) is 22.8 Å². The van der Waals surface area contributed by atoms with Crippen molar-refractivity contribution >= 4 is 5.95 Å². The normalized spacial score (nSPS) is 11.3. The Hall–Kier alpha value is -1.53. The van der Waals surface area contributed by atoms with E-state index in [4.69, 9.17) is 5.73 Å². The van der Waals surface area contributed by atoms with Crippen LogP contribution in [0.25, 0.3) is 0 Å². The largest absolute Gasteiger partial charge is 0.481 e. The number of alkyl halides is 3. The fourth-order valence-corrected chi connectivity index (χ4v) is 0.566. The van der Waals surface area contributed by atoms with Crippen LogP contribution in [-0.2, 0) is 0 Å². The highest BCUT2D eigenvalue weighted by Crippen LogP contribution is 2.17. The molecule has 0 aliphatic rings. The second kappa shape index (κ2) is 3.46. The van der Waals surface area contributed by atoms with Gasteiger partial charge >= 0.3 is 6.18 Å². The Balaban J connectivity index is 2.51. The number of nitrogens with zero attached hydrogens (tertiary/aromatic N) is 2. The van der Waals surface area contributed by atoms with E-state index in [1.54, 1.807) is 0 Å². The molecule has 0 saturated heterocycles. The number of anilines is 1. The van der Waals surface area contributed by atoms with Gasteiger partial charge in [-0.25, -0.2) is 9.97 Å². The molecule has 0 radical (unpaired) electrons. The molecule has 0 aliphatic carbocycles. The van der Waals surface area contributed by atoms with E-state index in [-0.39, 0.29) is 11.7 Å². The van der Waals surface area contributed by atoms with Gasteiger partial charge in [0.15, 0.2) is 12.4 Å². The number of rotatable bonds is 2. The molecule has 4 nitrogen and oxygen atoms in total. The predicted molar refractivity (Wildman–Crippen MR) is 38.0 cm³/mol. The lowest BCUT2D eigenvalue weighted by Gasteiger charge is -2.07. The van der Waals surface area contributed by atoms with Gasteiger partial charge in [-0.1, -0.05) is 0 Å². The molecule has 7 heteroatoms. The van der Waals surface area contributed by atoms with E-state index in [9.17, 15) is 13.2 Å². The van der Waals surface area contributed by atoms with E-state index < -0.39 is 12.8 Å². The Morgan fingerprint density at radius 3 is 2.31 bits per heavy atom. The van der Waals surface area contributed by atoms with Gasteiger partial charge in [0.25, 0.3) is 0 Å². The van der Waals surface area contributed by atoms with Gasteiger partial charge in [0.05, 0.1) is 12.4 Å².